The van der Waals surface area contributed by atoms with Gasteiger partial charge < -0.3 is 0 Å². The summed E-state index contributed by atoms with van der Waals surface area (Å²) in [5.41, 5.74) is -0.985. The Hall–Kier alpha value is -0.720. The van der Waals surface area contributed by atoms with Crippen molar-refractivity contribution in [1.29, 1.82) is 0 Å². The Morgan fingerprint density at radius 1 is 1.00 bits per heavy atom. The summed E-state index contributed by atoms with van der Waals surface area (Å²) in [5.74, 6) is -5.28. The van der Waals surface area contributed by atoms with E-state index in [9.17, 15) is 26.3 Å². The van der Waals surface area contributed by atoms with Gasteiger partial charge in [-0.05, 0) is 6.07 Å². The zero-order valence-corrected chi connectivity index (χ0v) is 8.46. The van der Waals surface area contributed by atoms with Gasteiger partial charge in [-0.3, -0.25) is 0 Å². The fraction of sp³-hybridized carbons (Fsp3) is 0.250. The highest BCUT2D eigenvalue weighted by atomic mass is 79.9. The molecule has 84 valence electrons. The molecule has 1 aromatic rings. The minimum Gasteiger partial charge on any atom is -0.204 e. The van der Waals surface area contributed by atoms with Crippen molar-refractivity contribution in [3.8, 4) is 0 Å². The van der Waals surface area contributed by atoms with Gasteiger partial charge >= 0.3 is 6.18 Å². The highest BCUT2D eigenvalue weighted by Gasteiger charge is 2.41. The maximum Gasteiger partial charge on any atom is 0.405 e. The second-order valence-corrected chi connectivity index (χ2v) is 3.58. The molecule has 1 unspecified atom stereocenters. The van der Waals surface area contributed by atoms with E-state index >= 15 is 0 Å². The van der Waals surface area contributed by atoms with E-state index in [-0.39, 0.29) is 0 Å². The molecular weight excluding hydrogens is 290 g/mol. The molecule has 1 rings (SSSR count). The molecule has 7 heteroatoms. The molecule has 0 aliphatic carbocycles. The van der Waals surface area contributed by atoms with Gasteiger partial charge in [0.05, 0.1) is 0 Å². The summed E-state index contributed by atoms with van der Waals surface area (Å²) < 4.78 is 74.3. The minimum absolute atomic E-state index is 0.438. The van der Waals surface area contributed by atoms with Crippen LogP contribution in [0.4, 0.5) is 26.3 Å². The molecule has 0 aliphatic rings. The van der Waals surface area contributed by atoms with Gasteiger partial charge in [0.15, 0.2) is 17.5 Å². The number of hydrogen-bond acceptors (Lipinski definition) is 0. The van der Waals surface area contributed by atoms with Gasteiger partial charge in [0, 0.05) is 5.56 Å². The second kappa shape index (κ2) is 4.03. The monoisotopic (exact) mass is 292 g/mol. The first-order valence-electron chi connectivity index (χ1n) is 3.59. The average Bonchev–Trinajstić information content (AvgIpc) is 2.12. The molecule has 0 spiro atoms. The summed E-state index contributed by atoms with van der Waals surface area (Å²) in [6.45, 7) is 0. The third-order valence-electron chi connectivity index (χ3n) is 1.63. The zero-order valence-electron chi connectivity index (χ0n) is 6.88. The maximum absolute atomic E-state index is 12.9. The first kappa shape index (κ1) is 12.4. The van der Waals surface area contributed by atoms with Gasteiger partial charge in [0.2, 0.25) is 0 Å². The van der Waals surface area contributed by atoms with Crippen LogP contribution in [-0.4, -0.2) is 6.18 Å². The molecule has 1 atom stereocenters. The maximum atomic E-state index is 12.9. The van der Waals surface area contributed by atoms with Gasteiger partial charge in [-0.15, -0.1) is 0 Å². The third kappa shape index (κ3) is 2.45. The molecule has 0 N–H and O–H groups in total. The Morgan fingerprint density at radius 3 is 2.00 bits per heavy atom. The van der Waals surface area contributed by atoms with E-state index in [1.807, 2.05) is 0 Å². The van der Waals surface area contributed by atoms with Crippen molar-refractivity contribution < 1.29 is 26.3 Å². The Balaban J connectivity index is 3.23. The van der Waals surface area contributed by atoms with E-state index in [1.54, 1.807) is 0 Å². The largest absolute Gasteiger partial charge is 0.405 e. The predicted octanol–water partition coefficient (Wildman–Crippen LogP) is 4.10. The molecule has 15 heavy (non-hydrogen) atoms. The topological polar surface area (TPSA) is 0 Å². The number of benzene rings is 1. The SMILES string of the molecule is Fc1ccc(C(Br)C(F)(F)F)c(F)c1F. The number of hydrogen-bond donors (Lipinski definition) is 0. The van der Waals surface area contributed by atoms with Gasteiger partial charge in [-0.1, -0.05) is 22.0 Å². The Morgan fingerprint density at radius 2 is 1.53 bits per heavy atom. The van der Waals surface area contributed by atoms with E-state index < -0.39 is 34.0 Å². The normalized spacial score (nSPS) is 14.1. The van der Waals surface area contributed by atoms with E-state index in [1.165, 1.54) is 0 Å². The summed E-state index contributed by atoms with van der Waals surface area (Å²) >= 11 is 2.16. The van der Waals surface area contributed by atoms with Crippen LogP contribution in [0.2, 0.25) is 0 Å². The van der Waals surface area contributed by atoms with Crippen LogP contribution in [0, 0.1) is 17.5 Å². The van der Waals surface area contributed by atoms with E-state index in [0.717, 1.165) is 0 Å². The van der Waals surface area contributed by atoms with Crippen molar-refractivity contribution in [3.05, 3.63) is 35.1 Å². The van der Waals surface area contributed by atoms with Crippen LogP contribution in [0.5, 0.6) is 0 Å². The fourth-order valence-electron chi connectivity index (χ4n) is 0.913. The van der Waals surface area contributed by atoms with Gasteiger partial charge in [0.1, 0.15) is 4.83 Å². The minimum atomic E-state index is -4.77. The van der Waals surface area contributed by atoms with Gasteiger partial charge in [-0.2, -0.15) is 13.2 Å². The first-order chi connectivity index (χ1) is 6.75. The molecule has 1 aromatic carbocycles. The molecular formula is C8H3BrF6. The molecule has 0 radical (unpaired) electrons. The van der Waals surface area contributed by atoms with Crippen LogP contribution < -0.4 is 0 Å². The highest BCUT2D eigenvalue weighted by molar-refractivity contribution is 9.09. The van der Waals surface area contributed by atoms with E-state index in [0.29, 0.717) is 12.1 Å². The Kier molecular flexibility index (Phi) is 3.32. The molecule has 0 aliphatic heterocycles. The average molecular weight is 293 g/mol. The standard InChI is InChI=1S/C8H3BrF6/c9-7(8(13,14)15)3-1-2-4(10)6(12)5(3)11/h1-2,7H. The van der Waals surface area contributed by atoms with Crippen LogP contribution in [0.25, 0.3) is 0 Å². The van der Waals surface area contributed by atoms with Crippen molar-refractivity contribution in [2.45, 2.75) is 11.0 Å². The lowest BCUT2D eigenvalue weighted by molar-refractivity contribution is -0.128. The van der Waals surface area contributed by atoms with Crippen molar-refractivity contribution in [3.63, 3.8) is 0 Å². The molecule has 0 nitrogen and oxygen atoms in total. The number of alkyl halides is 4. The predicted molar refractivity (Wildman–Crippen MR) is 44.0 cm³/mol. The lowest BCUT2D eigenvalue weighted by atomic mass is 10.1. The molecule has 0 fully saturated rings. The molecule has 0 aromatic heterocycles. The van der Waals surface area contributed by atoms with Crippen molar-refractivity contribution in [2.75, 3.05) is 0 Å². The molecule has 0 saturated heterocycles. The zero-order chi connectivity index (χ0) is 11.8. The Labute approximate surface area is 89.0 Å². The summed E-state index contributed by atoms with van der Waals surface area (Å²) in [4.78, 5) is -2.36. The molecule has 0 heterocycles. The lowest BCUT2D eigenvalue weighted by Crippen LogP contribution is -2.17. The summed E-state index contributed by atoms with van der Waals surface area (Å²) in [6.07, 6.45) is -4.77. The lowest BCUT2D eigenvalue weighted by Gasteiger charge is -2.15. The van der Waals surface area contributed by atoms with Crippen molar-refractivity contribution in [2.24, 2.45) is 0 Å². The quantitative estimate of drug-likeness (QED) is 0.415. The molecule has 0 amide bonds. The Bertz CT molecular complexity index is 372. The van der Waals surface area contributed by atoms with E-state index in [2.05, 4.69) is 15.9 Å². The second-order valence-electron chi connectivity index (χ2n) is 2.67. The third-order valence-corrected chi connectivity index (χ3v) is 2.64. The first-order valence-corrected chi connectivity index (χ1v) is 4.51. The van der Waals surface area contributed by atoms with Gasteiger partial charge in [-0.25, -0.2) is 13.2 Å². The van der Waals surface area contributed by atoms with Crippen LogP contribution >= 0.6 is 15.9 Å². The number of rotatable bonds is 1. The van der Waals surface area contributed by atoms with Crippen LogP contribution in [0.3, 0.4) is 0 Å². The smallest absolute Gasteiger partial charge is 0.204 e. The van der Waals surface area contributed by atoms with Crippen LogP contribution in [-0.2, 0) is 0 Å². The summed E-state index contributed by atoms with van der Waals surface area (Å²) in [6, 6.07) is 0.981. The van der Waals surface area contributed by atoms with E-state index in [4.69, 9.17) is 0 Å². The fourth-order valence-corrected chi connectivity index (χ4v) is 1.27. The molecule has 0 bridgehead atoms. The number of halogens is 7. The van der Waals surface area contributed by atoms with Crippen LogP contribution in [0.15, 0.2) is 12.1 Å². The highest BCUT2D eigenvalue weighted by Crippen LogP contribution is 2.41. The van der Waals surface area contributed by atoms with Crippen molar-refractivity contribution >= 4 is 15.9 Å². The van der Waals surface area contributed by atoms with Gasteiger partial charge in [0.25, 0.3) is 0 Å². The molecule has 0 saturated carbocycles. The summed E-state index contributed by atoms with van der Waals surface area (Å²) in [5, 5.41) is 0. The van der Waals surface area contributed by atoms with Crippen LogP contribution in [0.1, 0.15) is 10.4 Å². The van der Waals surface area contributed by atoms with Crippen molar-refractivity contribution in [1.82, 2.24) is 0 Å². The summed E-state index contributed by atoms with van der Waals surface area (Å²) in [7, 11) is 0.